The van der Waals surface area contributed by atoms with Gasteiger partial charge in [0.15, 0.2) is 9.84 Å². The van der Waals surface area contributed by atoms with Crippen molar-refractivity contribution in [3.63, 3.8) is 0 Å². The Balaban J connectivity index is 2.07. The maximum Gasteiger partial charge on any atom is 0.326 e. The number of carboxylic acids is 1. The van der Waals surface area contributed by atoms with Crippen LogP contribution in [-0.4, -0.2) is 72.5 Å². The highest BCUT2D eigenvalue weighted by molar-refractivity contribution is 7.91. The van der Waals surface area contributed by atoms with Crippen LogP contribution >= 0.6 is 0 Å². The lowest BCUT2D eigenvalue weighted by Crippen LogP contribution is -2.53. The number of sulfone groups is 1. The summed E-state index contributed by atoms with van der Waals surface area (Å²) in [5, 5.41) is 9.19. The molecule has 1 atom stereocenters. The summed E-state index contributed by atoms with van der Waals surface area (Å²) in [6, 6.07) is -1.12. The van der Waals surface area contributed by atoms with E-state index in [9.17, 15) is 23.1 Å². The zero-order chi connectivity index (χ0) is 14.8. The summed E-state index contributed by atoms with van der Waals surface area (Å²) >= 11 is 0. The summed E-state index contributed by atoms with van der Waals surface area (Å²) in [5.74, 6) is -0.927. The van der Waals surface area contributed by atoms with Crippen molar-refractivity contribution in [3.8, 4) is 0 Å². The minimum Gasteiger partial charge on any atom is -0.480 e. The SMILES string of the molecule is O=C(O)C1CCCCN1C(=O)N1CCCS(=O)(=O)CC1. The lowest BCUT2D eigenvalue weighted by molar-refractivity contribution is -0.143. The van der Waals surface area contributed by atoms with E-state index in [4.69, 9.17) is 0 Å². The van der Waals surface area contributed by atoms with Gasteiger partial charge in [0, 0.05) is 19.6 Å². The van der Waals surface area contributed by atoms with Gasteiger partial charge in [0.2, 0.25) is 0 Å². The van der Waals surface area contributed by atoms with Crippen LogP contribution in [0.3, 0.4) is 0 Å². The van der Waals surface area contributed by atoms with Crippen LogP contribution < -0.4 is 0 Å². The van der Waals surface area contributed by atoms with Gasteiger partial charge >= 0.3 is 12.0 Å². The zero-order valence-electron chi connectivity index (χ0n) is 11.3. The van der Waals surface area contributed by atoms with Gasteiger partial charge in [-0.25, -0.2) is 18.0 Å². The predicted octanol–water partition coefficient (Wildman–Crippen LogP) is 0.166. The summed E-state index contributed by atoms with van der Waals surface area (Å²) in [4.78, 5) is 26.5. The van der Waals surface area contributed by atoms with Crippen LogP contribution in [0.2, 0.25) is 0 Å². The third-order valence-electron chi connectivity index (χ3n) is 3.86. The molecule has 114 valence electrons. The van der Waals surface area contributed by atoms with Gasteiger partial charge in [0.05, 0.1) is 11.5 Å². The number of rotatable bonds is 1. The van der Waals surface area contributed by atoms with Crippen molar-refractivity contribution in [1.82, 2.24) is 9.80 Å². The topological polar surface area (TPSA) is 95.0 Å². The van der Waals surface area contributed by atoms with Gasteiger partial charge < -0.3 is 14.9 Å². The summed E-state index contributed by atoms with van der Waals surface area (Å²) in [5.41, 5.74) is 0. The molecule has 2 rings (SSSR count). The number of carboxylic acid groups (broad SMARTS) is 1. The maximum atomic E-state index is 12.4. The number of amides is 2. The molecule has 0 spiro atoms. The second kappa shape index (κ2) is 5.99. The summed E-state index contributed by atoms with van der Waals surface area (Å²) in [6.45, 7) is 0.962. The van der Waals surface area contributed by atoms with E-state index in [0.29, 0.717) is 25.9 Å². The first-order chi connectivity index (χ1) is 9.41. The number of hydrogen-bond acceptors (Lipinski definition) is 4. The van der Waals surface area contributed by atoms with Gasteiger partial charge in [0.1, 0.15) is 6.04 Å². The number of aliphatic carboxylic acids is 1. The van der Waals surface area contributed by atoms with E-state index < -0.39 is 21.8 Å². The van der Waals surface area contributed by atoms with Crippen LogP contribution in [0.25, 0.3) is 0 Å². The van der Waals surface area contributed by atoms with E-state index in [1.165, 1.54) is 9.80 Å². The number of carbonyl (C=O) groups excluding carboxylic acids is 1. The number of hydrogen-bond donors (Lipinski definition) is 1. The number of nitrogens with zero attached hydrogens (tertiary/aromatic N) is 2. The second-order valence-electron chi connectivity index (χ2n) is 5.32. The Morgan fingerprint density at radius 2 is 1.75 bits per heavy atom. The van der Waals surface area contributed by atoms with E-state index >= 15 is 0 Å². The first kappa shape index (κ1) is 15.1. The molecular weight excluding hydrogens is 284 g/mol. The highest BCUT2D eigenvalue weighted by atomic mass is 32.2. The quantitative estimate of drug-likeness (QED) is 0.745. The van der Waals surface area contributed by atoms with Crippen molar-refractivity contribution < 1.29 is 23.1 Å². The summed E-state index contributed by atoms with van der Waals surface area (Å²) in [7, 11) is -3.07. The molecule has 2 aliphatic heterocycles. The van der Waals surface area contributed by atoms with Crippen molar-refractivity contribution in [2.75, 3.05) is 31.1 Å². The molecule has 2 amide bonds. The van der Waals surface area contributed by atoms with E-state index in [2.05, 4.69) is 0 Å². The number of urea groups is 1. The van der Waals surface area contributed by atoms with Crippen LogP contribution in [0.4, 0.5) is 4.79 Å². The van der Waals surface area contributed by atoms with Gasteiger partial charge in [-0.3, -0.25) is 0 Å². The normalized spacial score (nSPS) is 26.9. The first-order valence-corrected chi connectivity index (χ1v) is 8.71. The summed E-state index contributed by atoms with van der Waals surface area (Å²) < 4.78 is 23.1. The smallest absolute Gasteiger partial charge is 0.326 e. The molecule has 2 saturated heterocycles. The highest BCUT2D eigenvalue weighted by Gasteiger charge is 2.35. The van der Waals surface area contributed by atoms with E-state index in [0.717, 1.165) is 12.8 Å². The molecule has 20 heavy (non-hydrogen) atoms. The van der Waals surface area contributed by atoms with Crippen LogP contribution in [0.15, 0.2) is 0 Å². The summed E-state index contributed by atoms with van der Waals surface area (Å²) in [6.07, 6.45) is 2.48. The molecule has 0 bridgehead atoms. The predicted molar refractivity (Wildman–Crippen MR) is 72.2 cm³/mol. The van der Waals surface area contributed by atoms with Crippen molar-refractivity contribution in [3.05, 3.63) is 0 Å². The molecule has 0 aliphatic carbocycles. The molecule has 2 heterocycles. The second-order valence-corrected chi connectivity index (χ2v) is 7.62. The van der Waals surface area contributed by atoms with Crippen LogP contribution in [0.5, 0.6) is 0 Å². The number of carbonyl (C=O) groups is 2. The Hall–Kier alpha value is -1.31. The molecule has 0 aromatic carbocycles. The average Bonchev–Trinajstić information content (AvgIpc) is 2.59. The minimum atomic E-state index is -3.07. The molecule has 7 nitrogen and oxygen atoms in total. The molecule has 0 aromatic rings. The van der Waals surface area contributed by atoms with Crippen LogP contribution in [0, 0.1) is 0 Å². The Labute approximate surface area is 118 Å². The van der Waals surface area contributed by atoms with E-state index in [1.807, 2.05) is 0 Å². The minimum absolute atomic E-state index is 0.0374. The van der Waals surface area contributed by atoms with E-state index in [-0.39, 0.29) is 24.1 Å². The standard InChI is InChI=1S/C12H20N2O5S/c15-11(16)10-4-1-2-6-14(10)12(17)13-5-3-8-20(18,19)9-7-13/h10H,1-9H2,(H,15,16). The Bertz CT molecular complexity index is 490. The fraction of sp³-hybridized carbons (Fsp3) is 0.833. The molecule has 0 radical (unpaired) electrons. The molecule has 1 unspecified atom stereocenters. The number of likely N-dealkylation sites (tertiary alicyclic amines) is 1. The lowest BCUT2D eigenvalue weighted by Gasteiger charge is -2.36. The fourth-order valence-electron chi connectivity index (χ4n) is 2.73. The van der Waals surface area contributed by atoms with Crippen molar-refractivity contribution in [1.29, 1.82) is 0 Å². The Kier molecular flexibility index (Phi) is 4.52. The number of piperidine rings is 1. The average molecular weight is 304 g/mol. The largest absolute Gasteiger partial charge is 0.480 e. The first-order valence-electron chi connectivity index (χ1n) is 6.89. The molecule has 8 heteroatoms. The van der Waals surface area contributed by atoms with Crippen molar-refractivity contribution in [2.24, 2.45) is 0 Å². The van der Waals surface area contributed by atoms with Crippen LogP contribution in [-0.2, 0) is 14.6 Å². The molecule has 2 fully saturated rings. The van der Waals surface area contributed by atoms with E-state index in [1.54, 1.807) is 0 Å². The third-order valence-corrected chi connectivity index (χ3v) is 5.57. The Morgan fingerprint density at radius 1 is 1.00 bits per heavy atom. The van der Waals surface area contributed by atoms with Gasteiger partial charge in [-0.15, -0.1) is 0 Å². The van der Waals surface area contributed by atoms with Gasteiger partial charge in [0.25, 0.3) is 0 Å². The highest BCUT2D eigenvalue weighted by Crippen LogP contribution is 2.20. The van der Waals surface area contributed by atoms with Gasteiger partial charge in [-0.2, -0.15) is 0 Å². The third kappa shape index (κ3) is 3.41. The van der Waals surface area contributed by atoms with Crippen LogP contribution in [0.1, 0.15) is 25.7 Å². The van der Waals surface area contributed by atoms with Gasteiger partial charge in [-0.05, 0) is 25.7 Å². The fourth-order valence-corrected chi connectivity index (χ4v) is 4.00. The van der Waals surface area contributed by atoms with Gasteiger partial charge in [-0.1, -0.05) is 0 Å². The molecule has 1 N–H and O–H groups in total. The zero-order valence-corrected chi connectivity index (χ0v) is 12.1. The lowest BCUT2D eigenvalue weighted by atomic mass is 10.0. The molecule has 0 aromatic heterocycles. The Morgan fingerprint density at radius 3 is 2.45 bits per heavy atom. The van der Waals surface area contributed by atoms with Crippen molar-refractivity contribution >= 4 is 21.8 Å². The van der Waals surface area contributed by atoms with Crippen molar-refractivity contribution in [2.45, 2.75) is 31.7 Å². The maximum absolute atomic E-state index is 12.4. The monoisotopic (exact) mass is 304 g/mol. The molecular formula is C12H20N2O5S. The molecule has 2 aliphatic rings. The molecule has 0 saturated carbocycles.